The highest BCUT2D eigenvalue weighted by atomic mass is 35.5. The molecule has 0 unspecified atom stereocenters. The fraction of sp³-hybridized carbons (Fsp3) is 0.688. The number of piperidine rings is 1. The fourth-order valence-corrected chi connectivity index (χ4v) is 2.85. The van der Waals surface area contributed by atoms with Crippen LogP contribution in [-0.2, 0) is 11.3 Å². The van der Waals surface area contributed by atoms with Gasteiger partial charge in [-0.25, -0.2) is 14.8 Å². The van der Waals surface area contributed by atoms with Crippen LogP contribution in [0.15, 0.2) is 12.3 Å². The monoisotopic (exact) mass is 340 g/mol. The van der Waals surface area contributed by atoms with Gasteiger partial charge in [0, 0.05) is 25.3 Å². The molecule has 1 N–H and O–H groups in total. The third-order valence-corrected chi connectivity index (χ3v) is 3.86. The molecule has 2 heterocycles. The second-order valence-corrected chi connectivity index (χ2v) is 7.16. The molecule has 0 spiro atoms. The molecule has 1 aromatic rings. The number of rotatable bonds is 4. The molecular formula is C16H25ClN4O2. The Kier molecular flexibility index (Phi) is 6.18. The van der Waals surface area contributed by atoms with Gasteiger partial charge in [0.1, 0.15) is 5.60 Å². The zero-order valence-corrected chi connectivity index (χ0v) is 14.8. The summed E-state index contributed by atoms with van der Waals surface area (Å²) in [6.45, 7) is 7.86. The first-order valence-corrected chi connectivity index (χ1v) is 8.39. The molecule has 1 aliphatic heterocycles. The normalized spacial score (nSPS) is 19.4. The lowest BCUT2D eigenvalue weighted by molar-refractivity contribution is 0.0491. The van der Waals surface area contributed by atoms with E-state index in [9.17, 15) is 4.79 Å². The van der Waals surface area contributed by atoms with Crippen molar-refractivity contribution in [2.24, 2.45) is 0 Å². The van der Waals surface area contributed by atoms with E-state index in [1.54, 1.807) is 6.20 Å². The molecule has 1 aliphatic rings. The number of hydrogen-bond donors (Lipinski definition) is 1. The van der Waals surface area contributed by atoms with E-state index >= 15 is 0 Å². The number of halogens is 1. The van der Waals surface area contributed by atoms with Crippen molar-refractivity contribution < 1.29 is 9.53 Å². The van der Waals surface area contributed by atoms with Crippen molar-refractivity contribution in [3.05, 3.63) is 23.2 Å². The average Bonchev–Trinajstić information content (AvgIpc) is 2.44. The molecule has 23 heavy (non-hydrogen) atoms. The van der Waals surface area contributed by atoms with Gasteiger partial charge in [-0.05, 0) is 57.8 Å². The molecule has 128 valence electrons. The Hall–Kier alpha value is -1.40. The van der Waals surface area contributed by atoms with Crippen LogP contribution in [0.2, 0.25) is 5.28 Å². The van der Waals surface area contributed by atoms with Crippen LogP contribution in [0.4, 0.5) is 4.79 Å². The second kappa shape index (κ2) is 7.93. The first-order valence-electron chi connectivity index (χ1n) is 8.02. The van der Waals surface area contributed by atoms with Crippen LogP contribution >= 0.6 is 11.6 Å². The first-order chi connectivity index (χ1) is 10.8. The molecule has 0 aliphatic carbocycles. The topological polar surface area (TPSA) is 67.3 Å². The van der Waals surface area contributed by atoms with Gasteiger partial charge in [0.2, 0.25) is 5.28 Å². The zero-order chi connectivity index (χ0) is 16.9. The molecule has 1 atom stereocenters. The molecule has 0 bridgehead atoms. The van der Waals surface area contributed by atoms with Crippen molar-refractivity contribution in [1.82, 2.24) is 20.2 Å². The van der Waals surface area contributed by atoms with Gasteiger partial charge < -0.3 is 10.1 Å². The lowest BCUT2D eigenvalue weighted by atomic mass is 10.0. The van der Waals surface area contributed by atoms with E-state index in [-0.39, 0.29) is 17.4 Å². The standard InChI is InChI=1S/C16H25ClN4O2/c1-16(2,3)23-15(22)19-10-13-6-4-5-9-21(13)11-12-7-8-18-14(17)20-12/h7-8,13H,4-6,9-11H2,1-3H3,(H,19,22)/t13-/m1/s1. The van der Waals surface area contributed by atoms with E-state index in [1.165, 1.54) is 6.42 Å². The number of nitrogens with zero attached hydrogens (tertiary/aromatic N) is 3. The minimum atomic E-state index is -0.478. The summed E-state index contributed by atoms with van der Waals surface area (Å²) in [4.78, 5) is 22.3. The molecule has 1 saturated heterocycles. The number of alkyl carbamates (subject to hydrolysis) is 1. The van der Waals surface area contributed by atoms with E-state index < -0.39 is 5.60 Å². The molecule has 2 rings (SSSR count). The molecule has 1 aromatic heterocycles. The summed E-state index contributed by atoms with van der Waals surface area (Å²) in [7, 11) is 0. The Morgan fingerprint density at radius 1 is 1.48 bits per heavy atom. The maximum atomic E-state index is 11.8. The van der Waals surface area contributed by atoms with Gasteiger partial charge in [-0.3, -0.25) is 4.90 Å². The van der Waals surface area contributed by atoms with Gasteiger partial charge >= 0.3 is 6.09 Å². The second-order valence-electron chi connectivity index (χ2n) is 6.82. The number of nitrogens with one attached hydrogen (secondary N) is 1. The molecule has 0 saturated carbocycles. The number of carbonyl (C=O) groups is 1. The Balaban J connectivity index is 1.89. The van der Waals surface area contributed by atoms with Crippen molar-refractivity contribution in [1.29, 1.82) is 0 Å². The molecule has 0 aromatic carbocycles. The summed E-state index contributed by atoms with van der Waals surface area (Å²) < 4.78 is 5.29. The maximum absolute atomic E-state index is 11.8. The third-order valence-electron chi connectivity index (χ3n) is 3.68. The lowest BCUT2D eigenvalue weighted by Crippen LogP contribution is -2.47. The zero-order valence-electron chi connectivity index (χ0n) is 14.0. The number of aromatic nitrogens is 2. The summed E-state index contributed by atoms with van der Waals surface area (Å²) in [6.07, 6.45) is 4.67. The van der Waals surface area contributed by atoms with Crippen LogP contribution in [0, 0.1) is 0 Å². The number of carbonyl (C=O) groups excluding carboxylic acids is 1. The smallest absolute Gasteiger partial charge is 0.407 e. The van der Waals surface area contributed by atoms with Crippen LogP contribution in [0.25, 0.3) is 0 Å². The van der Waals surface area contributed by atoms with Crippen LogP contribution in [0.1, 0.15) is 45.7 Å². The minimum Gasteiger partial charge on any atom is -0.444 e. The Morgan fingerprint density at radius 2 is 2.26 bits per heavy atom. The van der Waals surface area contributed by atoms with Crippen molar-refractivity contribution in [2.45, 2.75) is 58.2 Å². The summed E-state index contributed by atoms with van der Waals surface area (Å²) in [6, 6.07) is 2.16. The van der Waals surface area contributed by atoms with Crippen LogP contribution in [-0.4, -0.2) is 45.7 Å². The number of hydrogen-bond acceptors (Lipinski definition) is 5. The van der Waals surface area contributed by atoms with Gasteiger partial charge in [-0.2, -0.15) is 0 Å². The van der Waals surface area contributed by atoms with E-state index in [0.717, 1.165) is 25.1 Å². The predicted molar refractivity (Wildman–Crippen MR) is 89.3 cm³/mol. The summed E-state index contributed by atoms with van der Waals surface area (Å²) >= 11 is 5.85. The van der Waals surface area contributed by atoms with E-state index in [4.69, 9.17) is 16.3 Å². The molecule has 6 nitrogen and oxygen atoms in total. The van der Waals surface area contributed by atoms with Crippen molar-refractivity contribution in [2.75, 3.05) is 13.1 Å². The van der Waals surface area contributed by atoms with Crippen LogP contribution in [0.3, 0.4) is 0 Å². The van der Waals surface area contributed by atoms with Crippen molar-refractivity contribution in [3.63, 3.8) is 0 Å². The number of ether oxygens (including phenoxy) is 1. The highest BCUT2D eigenvalue weighted by molar-refractivity contribution is 6.28. The van der Waals surface area contributed by atoms with Crippen LogP contribution in [0.5, 0.6) is 0 Å². The van der Waals surface area contributed by atoms with Gasteiger partial charge in [-0.1, -0.05) is 6.42 Å². The molecule has 0 radical (unpaired) electrons. The van der Waals surface area contributed by atoms with Crippen LogP contribution < -0.4 is 5.32 Å². The van der Waals surface area contributed by atoms with Gasteiger partial charge in [0.05, 0.1) is 5.69 Å². The lowest BCUT2D eigenvalue weighted by Gasteiger charge is -2.35. The van der Waals surface area contributed by atoms with Crippen molar-refractivity contribution in [3.8, 4) is 0 Å². The summed E-state index contributed by atoms with van der Waals surface area (Å²) in [5.41, 5.74) is 0.419. The van der Waals surface area contributed by atoms with E-state index in [2.05, 4.69) is 20.2 Å². The quantitative estimate of drug-likeness (QED) is 0.853. The average molecular weight is 341 g/mol. The van der Waals surface area contributed by atoms with Gasteiger partial charge in [0.15, 0.2) is 0 Å². The fourth-order valence-electron chi connectivity index (χ4n) is 2.68. The number of likely N-dealkylation sites (tertiary alicyclic amines) is 1. The largest absolute Gasteiger partial charge is 0.444 e. The third kappa shape index (κ3) is 6.31. The molecule has 7 heteroatoms. The van der Waals surface area contributed by atoms with Crippen molar-refractivity contribution >= 4 is 17.7 Å². The summed E-state index contributed by atoms with van der Waals surface area (Å²) in [5.74, 6) is 0. The van der Waals surface area contributed by atoms with E-state index in [0.29, 0.717) is 13.1 Å². The first kappa shape index (κ1) is 17.9. The van der Waals surface area contributed by atoms with E-state index in [1.807, 2.05) is 26.8 Å². The molecular weight excluding hydrogens is 316 g/mol. The molecule has 1 fully saturated rings. The Labute approximate surface area is 142 Å². The Bertz CT molecular complexity index is 533. The van der Waals surface area contributed by atoms with Gasteiger partial charge in [0.25, 0.3) is 0 Å². The molecule has 1 amide bonds. The number of amides is 1. The highest BCUT2D eigenvalue weighted by Crippen LogP contribution is 2.19. The predicted octanol–water partition coefficient (Wildman–Crippen LogP) is 3.01. The Morgan fingerprint density at radius 3 is 2.96 bits per heavy atom. The highest BCUT2D eigenvalue weighted by Gasteiger charge is 2.24. The minimum absolute atomic E-state index is 0.267. The summed E-state index contributed by atoms with van der Waals surface area (Å²) in [5, 5.41) is 3.14. The SMILES string of the molecule is CC(C)(C)OC(=O)NC[C@H]1CCCCN1Cc1ccnc(Cl)n1. The van der Waals surface area contributed by atoms with Gasteiger partial charge in [-0.15, -0.1) is 0 Å². The maximum Gasteiger partial charge on any atom is 0.407 e.